The highest BCUT2D eigenvalue weighted by Gasteiger charge is 2.12. The first-order valence-electron chi connectivity index (χ1n) is 5.46. The fraction of sp³-hybridized carbons (Fsp3) is 0.231. The molecule has 0 aliphatic carbocycles. The van der Waals surface area contributed by atoms with E-state index in [-0.39, 0.29) is 0 Å². The summed E-state index contributed by atoms with van der Waals surface area (Å²) in [5.41, 5.74) is 1.23. The molecule has 2 rings (SSSR count). The molecule has 0 saturated heterocycles. The Morgan fingerprint density at radius 2 is 2.06 bits per heavy atom. The third-order valence-electron chi connectivity index (χ3n) is 2.73. The standard InChI is InChI=1S/C13H12Br2ClNS/c1-17-12(7-9-3-5-13(15)18-9)8-2-4-11(16)10(14)6-8/h2-6,12,17H,7H2,1H3. The molecule has 1 heterocycles. The molecule has 0 radical (unpaired) electrons. The third-order valence-corrected chi connectivity index (χ3v) is 5.59. The van der Waals surface area contributed by atoms with E-state index in [1.54, 1.807) is 11.3 Å². The molecule has 1 N–H and O–H groups in total. The van der Waals surface area contributed by atoms with Crippen LogP contribution in [0.2, 0.25) is 5.02 Å². The highest BCUT2D eigenvalue weighted by Crippen LogP contribution is 2.30. The summed E-state index contributed by atoms with van der Waals surface area (Å²) in [6.45, 7) is 0. The Balaban J connectivity index is 2.19. The van der Waals surface area contributed by atoms with Crippen LogP contribution in [-0.2, 0) is 6.42 Å². The molecule has 1 nitrogen and oxygen atoms in total. The Kier molecular flexibility index (Phi) is 5.27. The monoisotopic (exact) mass is 407 g/mol. The molecule has 0 aliphatic heterocycles. The van der Waals surface area contributed by atoms with Gasteiger partial charge < -0.3 is 5.32 Å². The van der Waals surface area contributed by atoms with Gasteiger partial charge >= 0.3 is 0 Å². The molecule has 1 aromatic heterocycles. The second kappa shape index (κ2) is 6.53. The Morgan fingerprint density at radius 3 is 2.61 bits per heavy atom. The molecule has 1 aromatic carbocycles. The van der Waals surface area contributed by atoms with Crippen molar-refractivity contribution in [3.63, 3.8) is 0 Å². The lowest BCUT2D eigenvalue weighted by molar-refractivity contribution is 0.596. The van der Waals surface area contributed by atoms with E-state index in [1.165, 1.54) is 14.2 Å². The Labute approximate surface area is 133 Å². The predicted molar refractivity (Wildman–Crippen MR) is 86.7 cm³/mol. The zero-order chi connectivity index (χ0) is 13.1. The van der Waals surface area contributed by atoms with E-state index in [2.05, 4.69) is 61.4 Å². The van der Waals surface area contributed by atoms with E-state index < -0.39 is 0 Å². The summed E-state index contributed by atoms with van der Waals surface area (Å²) in [5, 5.41) is 4.09. The van der Waals surface area contributed by atoms with Crippen LogP contribution < -0.4 is 5.32 Å². The molecule has 0 aliphatic rings. The van der Waals surface area contributed by atoms with Gasteiger partial charge in [0.2, 0.25) is 0 Å². The highest BCUT2D eigenvalue weighted by atomic mass is 79.9. The molecule has 0 bridgehead atoms. The van der Waals surface area contributed by atoms with Crippen LogP contribution >= 0.6 is 54.8 Å². The summed E-state index contributed by atoms with van der Waals surface area (Å²) in [5.74, 6) is 0. The van der Waals surface area contributed by atoms with E-state index in [0.29, 0.717) is 6.04 Å². The van der Waals surface area contributed by atoms with Gasteiger partial charge in [0.25, 0.3) is 0 Å². The van der Waals surface area contributed by atoms with Crippen molar-refractivity contribution in [2.75, 3.05) is 7.05 Å². The fourth-order valence-corrected chi connectivity index (χ4v) is 3.82. The molecule has 0 saturated carbocycles. The van der Waals surface area contributed by atoms with Gasteiger partial charge in [-0.05, 0) is 68.7 Å². The van der Waals surface area contributed by atoms with Crippen molar-refractivity contribution < 1.29 is 0 Å². The van der Waals surface area contributed by atoms with Crippen LogP contribution in [0.3, 0.4) is 0 Å². The van der Waals surface area contributed by atoms with Gasteiger partial charge in [0.15, 0.2) is 0 Å². The van der Waals surface area contributed by atoms with Crippen molar-refractivity contribution in [1.82, 2.24) is 5.32 Å². The Bertz CT molecular complexity index is 542. The first-order chi connectivity index (χ1) is 8.60. The number of benzene rings is 1. The van der Waals surface area contributed by atoms with Crippen LogP contribution in [0, 0.1) is 0 Å². The summed E-state index contributed by atoms with van der Waals surface area (Å²) < 4.78 is 2.11. The second-order valence-corrected chi connectivity index (χ2v) is 7.73. The molecule has 0 fully saturated rings. The lowest BCUT2D eigenvalue weighted by atomic mass is 10.0. The SMILES string of the molecule is CNC(Cc1ccc(Br)s1)c1ccc(Cl)c(Br)c1. The maximum Gasteiger partial charge on any atom is 0.0701 e. The average Bonchev–Trinajstić information content (AvgIpc) is 2.75. The van der Waals surface area contributed by atoms with E-state index in [9.17, 15) is 0 Å². The van der Waals surface area contributed by atoms with Crippen molar-refractivity contribution >= 4 is 54.8 Å². The zero-order valence-corrected chi connectivity index (χ0v) is 14.5. The van der Waals surface area contributed by atoms with Gasteiger partial charge in [-0.15, -0.1) is 11.3 Å². The van der Waals surface area contributed by atoms with Gasteiger partial charge in [0.05, 0.1) is 8.81 Å². The van der Waals surface area contributed by atoms with Gasteiger partial charge in [-0.25, -0.2) is 0 Å². The van der Waals surface area contributed by atoms with Crippen LogP contribution in [0.4, 0.5) is 0 Å². The summed E-state index contributed by atoms with van der Waals surface area (Å²) >= 11 is 14.8. The Hall–Kier alpha value is 0.130. The second-order valence-electron chi connectivity index (χ2n) is 3.92. The number of hydrogen-bond acceptors (Lipinski definition) is 2. The van der Waals surface area contributed by atoms with Gasteiger partial charge in [-0.1, -0.05) is 17.7 Å². The van der Waals surface area contributed by atoms with Gasteiger partial charge in [0.1, 0.15) is 0 Å². The first kappa shape index (κ1) is 14.5. The van der Waals surface area contributed by atoms with E-state index in [0.717, 1.165) is 15.9 Å². The molecule has 0 spiro atoms. The molecule has 2 aromatic rings. The van der Waals surface area contributed by atoms with Crippen molar-refractivity contribution in [2.24, 2.45) is 0 Å². The molecule has 96 valence electrons. The summed E-state index contributed by atoms with van der Waals surface area (Å²) in [7, 11) is 1.98. The summed E-state index contributed by atoms with van der Waals surface area (Å²) in [6.07, 6.45) is 0.973. The van der Waals surface area contributed by atoms with E-state index in [4.69, 9.17) is 11.6 Å². The minimum Gasteiger partial charge on any atom is -0.313 e. The van der Waals surface area contributed by atoms with Gasteiger partial charge in [0, 0.05) is 21.8 Å². The quantitative estimate of drug-likeness (QED) is 0.710. The number of rotatable bonds is 4. The molecular formula is C13H12Br2ClNS. The summed E-state index contributed by atoms with van der Waals surface area (Å²) in [4.78, 5) is 1.35. The summed E-state index contributed by atoms with van der Waals surface area (Å²) in [6, 6.07) is 10.6. The molecular weight excluding hydrogens is 397 g/mol. The van der Waals surface area contributed by atoms with Crippen LogP contribution in [0.25, 0.3) is 0 Å². The largest absolute Gasteiger partial charge is 0.313 e. The zero-order valence-electron chi connectivity index (χ0n) is 9.71. The number of likely N-dealkylation sites (N-methyl/N-ethyl adjacent to an activating group) is 1. The lowest BCUT2D eigenvalue weighted by Gasteiger charge is -2.16. The molecule has 0 amide bonds. The minimum absolute atomic E-state index is 0.295. The van der Waals surface area contributed by atoms with Crippen molar-refractivity contribution in [1.29, 1.82) is 0 Å². The maximum absolute atomic E-state index is 6.02. The highest BCUT2D eigenvalue weighted by molar-refractivity contribution is 9.11. The van der Waals surface area contributed by atoms with Crippen LogP contribution in [-0.4, -0.2) is 7.05 Å². The van der Waals surface area contributed by atoms with Crippen LogP contribution in [0.15, 0.2) is 38.6 Å². The van der Waals surface area contributed by atoms with Gasteiger partial charge in [-0.3, -0.25) is 0 Å². The number of thiophene rings is 1. The number of halogens is 3. The minimum atomic E-state index is 0.295. The smallest absolute Gasteiger partial charge is 0.0701 e. The predicted octanol–water partition coefficient (Wildman–Crippen LogP) is 5.43. The maximum atomic E-state index is 6.02. The molecule has 1 unspecified atom stereocenters. The van der Waals surface area contributed by atoms with E-state index in [1.807, 2.05) is 13.1 Å². The van der Waals surface area contributed by atoms with Crippen LogP contribution in [0.1, 0.15) is 16.5 Å². The topological polar surface area (TPSA) is 12.0 Å². The first-order valence-corrected chi connectivity index (χ1v) is 8.24. The number of hydrogen-bond donors (Lipinski definition) is 1. The number of nitrogens with one attached hydrogen (secondary N) is 1. The lowest BCUT2D eigenvalue weighted by Crippen LogP contribution is -2.18. The van der Waals surface area contributed by atoms with E-state index >= 15 is 0 Å². The molecule has 1 atom stereocenters. The van der Waals surface area contributed by atoms with Crippen molar-refractivity contribution in [3.8, 4) is 0 Å². The third kappa shape index (κ3) is 3.58. The van der Waals surface area contributed by atoms with Crippen LogP contribution in [0.5, 0.6) is 0 Å². The van der Waals surface area contributed by atoms with Crippen molar-refractivity contribution in [3.05, 3.63) is 54.1 Å². The van der Waals surface area contributed by atoms with Crippen molar-refractivity contribution in [2.45, 2.75) is 12.5 Å². The Morgan fingerprint density at radius 1 is 1.28 bits per heavy atom. The molecule has 18 heavy (non-hydrogen) atoms. The van der Waals surface area contributed by atoms with Gasteiger partial charge in [-0.2, -0.15) is 0 Å². The molecule has 5 heteroatoms. The normalized spacial score (nSPS) is 12.7. The average molecular weight is 410 g/mol. The fourth-order valence-electron chi connectivity index (χ4n) is 1.78.